The maximum Gasteiger partial charge on any atom is 0.331 e. The molecule has 1 fully saturated rings. The molecule has 0 bridgehead atoms. The summed E-state index contributed by atoms with van der Waals surface area (Å²) in [6.07, 6.45) is 1.59. The van der Waals surface area contributed by atoms with Gasteiger partial charge in [0.1, 0.15) is 11.3 Å². The maximum atomic E-state index is 13.0. The van der Waals surface area contributed by atoms with Gasteiger partial charge in [-0.1, -0.05) is 18.2 Å². The van der Waals surface area contributed by atoms with E-state index in [4.69, 9.17) is 4.74 Å². The molecule has 0 radical (unpaired) electrons. The van der Waals surface area contributed by atoms with E-state index in [1.54, 1.807) is 18.6 Å². The molecule has 164 valence electrons. The van der Waals surface area contributed by atoms with E-state index in [9.17, 15) is 14.7 Å². The Balaban J connectivity index is 1.49. The van der Waals surface area contributed by atoms with Crippen LogP contribution in [0.25, 0.3) is 10.9 Å². The van der Waals surface area contributed by atoms with E-state index in [1.807, 2.05) is 18.2 Å². The van der Waals surface area contributed by atoms with Crippen LogP contribution in [0.15, 0.2) is 51.9 Å². The summed E-state index contributed by atoms with van der Waals surface area (Å²) >= 11 is 1.06. The van der Waals surface area contributed by atoms with Gasteiger partial charge in [0, 0.05) is 51.2 Å². The molecular formula is C22H26N4O4S. The number of hydrogen-bond donors (Lipinski definition) is 1. The number of para-hydroxylation sites is 2. The van der Waals surface area contributed by atoms with E-state index in [0.29, 0.717) is 24.0 Å². The molecule has 1 aromatic carbocycles. The molecule has 1 aliphatic rings. The minimum absolute atomic E-state index is 0.0225. The van der Waals surface area contributed by atoms with Crippen LogP contribution in [0.4, 0.5) is 5.69 Å². The fourth-order valence-electron chi connectivity index (χ4n) is 4.07. The maximum absolute atomic E-state index is 13.0. The molecule has 4 rings (SSSR count). The molecule has 2 aromatic heterocycles. The fraction of sp³-hybridized carbons (Fsp3) is 0.364. The van der Waals surface area contributed by atoms with Crippen molar-refractivity contribution in [2.75, 3.05) is 44.7 Å². The lowest BCUT2D eigenvalue weighted by Gasteiger charge is -2.36. The third-order valence-electron chi connectivity index (χ3n) is 5.70. The first-order valence-corrected chi connectivity index (χ1v) is 11.1. The van der Waals surface area contributed by atoms with Gasteiger partial charge < -0.3 is 14.7 Å². The van der Waals surface area contributed by atoms with Gasteiger partial charge in [0.25, 0.3) is 5.56 Å². The Bertz CT molecular complexity index is 1200. The molecule has 3 aromatic rings. The molecule has 8 nitrogen and oxygen atoms in total. The SMILES string of the molecule is C=CCn1c(=O)n(CCN2CCN(c3ccccc3OC)CC2)c(=O)c2csc(O)c21. The summed E-state index contributed by atoms with van der Waals surface area (Å²) in [5.41, 5.74) is 0.598. The zero-order chi connectivity index (χ0) is 22.0. The number of hydrogen-bond acceptors (Lipinski definition) is 7. The number of piperazine rings is 1. The van der Waals surface area contributed by atoms with Crippen LogP contribution < -0.4 is 20.9 Å². The van der Waals surface area contributed by atoms with Gasteiger partial charge in [-0.3, -0.25) is 18.8 Å². The van der Waals surface area contributed by atoms with E-state index in [0.717, 1.165) is 49.0 Å². The largest absolute Gasteiger partial charge is 0.498 e. The van der Waals surface area contributed by atoms with E-state index in [-0.39, 0.29) is 17.2 Å². The first-order chi connectivity index (χ1) is 15.0. The van der Waals surface area contributed by atoms with Crippen molar-refractivity contribution in [3.63, 3.8) is 0 Å². The lowest BCUT2D eigenvalue weighted by atomic mass is 10.2. The Labute approximate surface area is 183 Å². The molecule has 0 spiro atoms. The quantitative estimate of drug-likeness (QED) is 0.564. The fourth-order valence-corrected chi connectivity index (χ4v) is 4.84. The van der Waals surface area contributed by atoms with Crippen LogP contribution in [0.2, 0.25) is 0 Å². The molecule has 0 unspecified atom stereocenters. The first kappa shape index (κ1) is 21.2. The zero-order valence-electron chi connectivity index (χ0n) is 17.5. The van der Waals surface area contributed by atoms with Crippen LogP contribution in [-0.4, -0.2) is 59.0 Å². The number of fused-ring (bicyclic) bond motifs is 1. The number of allylic oxidation sites excluding steroid dienone is 1. The Morgan fingerprint density at radius 2 is 1.87 bits per heavy atom. The number of nitrogens with zero attached hydrogens (tertiary/aromatic N) is 4. The zero-order valence-corrected chi connectivity index (χ0v) is 18.3. The number of rotatable bonds is 7. The minimum Gasteiger partial charge on any atom is -0.498 e. The van der Waals surface area contributed by atoms with E-state index < -0.39 is 5.69 Å². The van der Waals surface area contributed by atoms with Gasteiger partial charge in [0.15, 0.2) is 5.06 Å². The highest BCUT2D eigenvalue weighted by molar-refractivity contribution is 7.13. The summed E-state index contributed by atoms with van der Waals surface area (Å²) < 4.78 is 8.15. The molecule has 3 heterocycles. The lowest BCUT2D eigenvalue weighted by Crippen LogP contribution is -2.49. The van der Waals surface area contributed by atoms with Gasteiger partial charge in [-0.25, -0.2) is 4.79 Å². The standard InChI is InChI=1S/C22H26N4O4S/c1-3-8-25-19-16(15-31-21(19)28)20(27)26(22(25)29)14-11-23-9-12-24(13-10-23)17-6-4-5-7-18(17)30-2/h3-7,15,28H,1,8-14H2,2H3. The molecule has 1 N–H and O–H groups in total. The molecule has 31 heavy (non-hydrogen) atoms. The topological polar surface area (TPSA) is 79.9 Å². The second-order valence-electron chi connectivity index (χ2n) is 7.44. The molecule has 0 aliphatic carbocycles. The summed E-state index contributed by atoms with van der Waals surface area (Å²) in [6, 6.07) is 7.98. The highest BCUT2D eigenvalue weighted by Gasteiger charge is 2.21. The van der Waals surface area contributed by atoms with Crippen molar-refractivity contribution in [2.24, 2.45) is 0 Å². The number of benzene rings is 1. The Morgan fingerprint density at radius 3 is 2.58 bits per heavy atom. The highest BCUT2D eigenvalue weighted by Crippen LogP contribution is 2.29. The van der Waals surface area contributed by atoms with Crippen molar-refractivity contribution in [3.05, 3.63) is 63.1 Å². The number of methoxy groups -OCH3 is 1. The Morgan fingerprint density at radius 1 is 1.13 bits per heavy atom. The van der Waals surface area contributed by atoms with Crippen molar-refractivity contribution in [2.45, 2.75) is 13.1 Å². The van der Waals surface area contributed by atoms with Crippen LogP contribution in [-0.2, 0) is 13.1 Å². The summed E-state index contributed by atoms with van der Waals surface area (Å²) in [5.74, 6) is 0.859. The van der Waals surface area contributed by atoms with Crippen LogP contribution in [0.3, 0.4) is 0 Å². The van der Waals surface area contributed by atoms with Gasteiger partial charge in [0.2, 0.25) is 0 Å². The van der Waals surface area contributed by atoms with E-state index in [2.05, 4.69) is 22.4 Å². The van der Waals surface area contributed by atoms with Crippen molar-refractivity contribution in [1.29, 1.82) is 0 Å². The molecule has 9 heteroatoms. The monoisotopic (exact) mass is 442 g/mol. The molecule has 1 aliphatic heterocycles. The van der Waals surface area contributed by atoms with Gasteiger partial charge >= 0.3 is 5.69 Å². The minimum atomic E-state index is -0.418. The predicted octanol–water partition coefficient (Wildman–Crippen LogP) is 1.95. The van der Waals surface area contributed by atoms with Crippen LogP contribution in [0.1, 0.15) is 0 Å². The molecule has 1 saturated heterocycles. The average Bonchev–Trinajstić information content (AvgIpc) is 3.18. The van der Waals surface area contributed by atoms with E-state index >= 15 is 0 Å². The number of ether oxygens (including phenoxy) is 1. The summed E-state index contributed by atoms with van der Waals surface area (Å²) in [4.78, 5) is 30.4. The second kappa shape index (κ2) is 8.99. The van der Waals surface area contributed by atoms with Crippen molar-refractivity contribution < 1.29 is 9.84 Å². The second-order valence-corrected chi connectivity index (χ2v) is 8.30. The third-order valence-corrected chi connectivity index (χ3v) is 6.47. The third kappa shape index (κ3) is 3.98. The Kier molecular flexibility index (Phi) is 6.15. The van der Waals surface area contributed by atoms with Crippen molar-refractivity contribution in [3.8, 4) is 10.8 Å². The van der Waals surface area contributed by atoms with Crippen LogP contribution >= 0.6 is 11.3 Å². The van der Waals surface area contributed by atoms with Gasteiger partial charge in [-0.2, -0.15) is 0 Å². The first-order valence-electron chi connectivity index (χ1n) is 10.2. The van der Waals surface area contributed by atoms with Crippen molar-refractivity contribution >= 4 is 27.9 Å². The predicted molar refractivity (Wildman–Crippen MR) is 124 cm³/mol. The smallest absolute Gasteiger partial charge is 0.331 e. The average molecular weight is 443 g/mol. The summed E-state index contributed by atoms with van der Waals surface area (Å²) in [5, 5.41) is 12.1. The summed E-state index contributed by atoms with van der Waals surface area (Å²) in [7, 11) is 1.68. The lowest BCUT2D eigenvalue weighted by molar-refractivity contribution is 0.244. The van der Waals surface area contributed by atoms with Crippen molar-refractivity contribution in [1.82, 2.24) is 14.0 Å². The summed E-state index contributed by atoms with van der Waals surface area (Å²) in [6.45, 7) is 8.16. The number of aromatic nitrogens is 2. The van der Waals surface area contributed by atoms with Gasteiger partial charge in [-0.15, -0.1) is 17.9 Å². The normalized spacial score (nSPS) is 14.8. The molecule has 0 atom stereocenters. The van der Waals surface area contributed by atoms with Crippen LogP contribution in [0, 0.1) is 0 Å². The molecule has 0 saturated carbocycles. The molecule has 0 amide bonds. The number of aromatic hydroxyl groups is 1. The van der Waals surface area contributed by atoms with E-state index in [1.165, 1.54) is 9.13 Å². The van der Waals surface area contributed by atoms with Gasteiger partial charge in [-0.05, 0) is 12.1 Å². The number of anilines is 1. The highest BCUT2D eigenvalue weighted by atomic mass is 32.1. The van der Waals surface area contributed by atoms with Crippen LogP contribution in [0.5, 0.6) is 10.8 Å². The Hall–Kier alpha value is -3.04. The van der Waals surface area contributed by atoms with Gasteiger partial charge in [0.05, 0.1) is 18.2 Å². The number of thiophene rings is 1. The molecular weight excluding hydrogens is 416 g/mol.